The minimum atomic E-state index is -0.866. The second-order valence-corrected chi connectivity index (χ2v) is 3.77. The van der Waals surface area contributed by atoms with Gasteiger partial charge in [0.25, 0.3) is 0 Å². The first-order valence-electron chi connectivity index (χ1n) is 4.61. The van der Waals surface area contributed by atoms with Gasteiger partial charge < -0.3 is 10.8 Å². The second-order valence-electron chi connectivity index (χ2n) is 3.77. The first kappa shape index (κ1) is 12.9. The molecule has 0 radical (unpaired) electrons. The van der Waals surface area contributed by atoms with Gasteiger partial charge in [0.15, 0.2) is 0 Å². The number of halogens is 1. The van der Waals surface area contributed by atoms with E-state index >= 15 is 0 Å². The molecule has 0 amide bonds. The molecule has 0 aromatic heterocycles. The minimum Gasteiger partial charge on any atom is -0.480 e. The highest BCUT2D eigenvalue weighted by Crippen LogP contribution is 2.32. The molecule has 2 atom stereocenters. The molecule has 4 heteroatoms. The summed E-state index contributed by atoms with van der Waals surface area (Å²) in [7, 11) is 0. The van der Waals surface area contributed by atoms with E-state index < -0.39 is 12.0 Å². The fraction of sp³-hybridized carbons (Fsp3) is 0.889. The molecule has 0 spiro atoms. The molecule has 1 saturated carbocycles. The Morgan fingerprint density at radius 3 is 2.31 bits per heavy atom. The predicted octanol–water partition coefficient (Wildman–Crippen LogP) is 1.80. The fourth-order valence-corrected chi connectivity index (χ4v) is 2.00. The molecule has 1 unspecified atom stereocenters. The Morgan fingerprint density at radius 1 is 1.46 bits per heavy atom. The van der Waals surface area contributed by atoms with Crippen molar-refractivity contribution in [2.24, 2.45) is 17.6 Å². The molecule has 13 heavy (non-hydrogen) atoms. The molecule has 3 N–H and O–H groups in total. The van der Waals surface area contributed by atoms with Gasteiger partial charge >= 0.3 is 5.97 Å². The van der Waals surface area contributed by atoms with E-state index in [4.69, 9.17) is 10.8 Å². The van der Waals surface area contributed by atoms with Gasteiger partial charge in [-0.15, -0.1) is 17.0 Å². The van der Waals surface area contributed by atoms with Crippen LogP contribution in [-0.4, -0.2) is 17.1 Å². The lowest BCUT2D eigenvalue weighted by atomic mass is 9.87. The average molecular weight is 252 g/mol. The molecular weight excluding hydrogens is 234 g/mol. The van der Waals surface area contributed by atoms with Crippen LogP contribution in [0.25, 0.3) is 0 Å². The van der Waals surface area contributed by atoms with Crippen molar-refractivity contribution in [2.45, 2.75) is 38.6 Å². The second kappa shape index (κ2) is 5.60. The average Bonchev–Trinajstić information content (AvgIpc) is 2.53. The van der Waals surface area contributed by atoms with Gasteiger partial charge in [-0.1, -0.05) is 32.6 Å². The fourth-order valence-electron chi connectivity index (χ4n) is 2.00. The number of carboxylic acids is 1. The van der Waals surface area contributed by atoms with E-state index in [9.17, 15) is 4.79 Å². The molecular formula is C9H18BrNO2. The predicted molar refractivity (Wildman–Crippen MR) is 57.1 cm³/mol. The summed E-state index contributed by atoms with van der Waals surface area (Å²) < 4.78 is 0. The highest BCUT2D eigenvalue weighted by atomic mass is 79.9. The summed E-state index contributed by atoms with van der Waals surface area (Å²) >= 11 is 0. The highest BCUT2D eigenvalue weighted by molar-refractivity contribution is 8.93. The van der Waals surface area contributed by atoms with Crippen molar-refractivity contribution in [1.29, 1.82) is 0 Å². The SMILES string of the molecule is Br.CC(C1CCCC1)[C@H](N)C(=O)O. The zero-order valence-corrected chi connectivity index (χ0v) is 9.61. The maximum atomic E-state index is 10.6. The van der Waals surface area contributed by atoms with Crippen LogP contribution in [0, 0.1) is 11.8 Å². The maximum absolute atomic E-state index is 10.6. The van der Waals surface area contributed by atoms with E-state index in [1.807, 2.05) is 6.92 Å². The molecule has 0 saturated heterocycles. The lowest BCUT2D eigenvalue weighted by molar-refractivity contribution is -0.140. The Morgan fingerprint density at radius 2 is 1.92 bits per heavy atom. The molecule has 78 valence electrons. The lowest BCUT2D eigenvalue weighted by Crippen LogP contribution is -2.39. The summed E-state index contributed by atoms with van der Waals surface area (Å²) in [6.45, 7) is 1.95. The number of carboxylic acid groups (broad SMARTS) is 1. The van der Waals surface area contributed by atoms with Gasteiger partial charge in [-0.25, -0.2) is 0 Å². The van der Waals surface area contributed by atoms with Gasteiger partial charge in [-0.3, -0.25) is 4.79 Å². The zero-order valence-electron chi connectivity index (χ0n) is 7.90. The van der Waals surface area contributed by atoms with Crippen molar-refractivity contribution in [3.05, 3.63) is 0 Å². The van der Waals surface area contributed by atoms with Crippen molar-refractivity contribution in [3.8, 4) is 0 Å². The van der Waals surface area contributed by atoms with Crippen LogP contribution in [0.2, 0.25) is 0 Å². The summed E-state index contributed by atoms with van der Waals surface area (Å²) in [5.74, 6) is -0.199. The minimum absolute atomic E-state index is 0. The summed E-state index contributed by atoms with van der Waals surface area (Å²) in [5.41, 5.74) is 5.54. The topological polar surface area (TPSA) is 63.3 Å². The molecule has 0 aromatic rings. The smallest absolute Gasteiger partial charge is 0.320 e. The molecule has 0 aromatic carbocycles. The van der Waals surface area contributed by atoms with Crippen LogP contribution in [-0.2, 0) is 4.79 Å². The molecule has 1 fully saturated rings. The molecule has 0 heterocycles. The number of hydrogen-bond donors (Lipinski definition) is 2. The van der Waals surface area contributed by atoms with Crippen molar-refractivity contribution < 1.29 is 9.90 Å². The van der Waals surface area contributed by atoms with Crippen LogP contribution in [0.5, 0.6) is 0 Å². The quantitative estimate of drug-likeness (QED) is 0.805. The van der Waals surface area contributed by atoms with Gasteiger partial charge in [-0.2, -0.15) is 0 Å². The number of carbonyl (C=O) groups is 1. The standard InChI is InChI=1S/C9H17NO2.BrH/c1-6(8(10)9(11)12)7-4-2-3-5-7;/h6-8H,2-5,10H2,1H3,(H,11,12);1H/t6?,8-;/m0./s1. The van der Waals surface area contributed by atoms with Gasteiger partial charge in [-0.05, 0) is 11.8 Å². The lowest BCUT2D eigenvalue weighted by Gasteiger charge is -2.22. The van der Waals surface area contributed by atoms with Crippen molar-refractivity contribution in [2.75, 3.05) is 0 Å². The van der Waals surface area contributed by atoms with Crippen LogP contribution in [0.15, 0.2) is 0 Å². The summed E-state index contributed by atoms with van der Waals surface area (Å²) in [6.07, 6.45) is 4.78. The summed E-state index contributed by atoms with van der Waals surface area (Å²) in [4.78, 5) is 10.6. The number of rotatable bonds is 3. The Hall–Kier alpha value is -0.0900. The van der Waals surface area contributed by atoms with Crippen LogP contribution in [0.3, 0.4) is 0 Å². The monoisotopic (exact) mass is 251 g/mol. The third-order valence-electron chi connectivity index (χ3n) is 3.00. The number of nitrogens with two attached hydrogens (primary N) is 1. The maximum Gasteiger partial charge on any atom is 0.320 e. The number of hydrogen-bond acceptors (Lipinski definition) is 2. The van der Waals surface area contributed by atoms with Crippen molar-refractivity contribution >= 4 is 23.0 Å². The molecule has 1 aliphatic rings. The third-order valence-corrected chi connectivity index (χ3v) is 3.00. The van der Waals surface area contributed by atoms with Crippen LogP contribution in [0.1, 0.15) is 32.6 Å². The molecule has 1 rings (SSSR count). The highest BCUT2D eigenvalue weighted by Gasteiger charge is 2.29. The molecule has 0 aliphatic heterocycles. The summed E-state index contributed by atoms with van der Waals surface area (Å²) in [6, 6.07) is -0.673. The number of aliphatic carboxylic acids is 1. The first-order chi connectivity index (χ1) is 5.63. The van der Waals surface area contributed by atoms with E-state index in [-0.39, 0.29) is 22.9 Å². The zero-order chi connectivity index (χ0) is 9.14. The normalized spacial score (nSPS) is 22.0. The van der Waals surface area contributed by atoms with Crippen molar-refractivity contribution in [1.82, 2.24) is 0 Å². The van der Waals surface area contributed by atoms with E-state index in [1.54, 1.807) is 0 Å². The van der Waals surface area contributed by atoms with Crippen LogP contribution in [0.4, 0.5) is 0 Å². The van der Waals surface area contributed by atoms with Gasteiger partial charge in [0.05, 0.1) is 0 Å². The van der Waals surface area contributed by atoms with E-state index in [0.717, 1.165) is 12.8 Å². The Kier molecular flexibility index (Phi) is 5.56. The summed E-state index contributed by atoms with van der Waals surface area (Å²) in [5, 5.41) is 8.69. The molecule has 1 aliphatic carbocycles. The Bertz CT molecular complexity index is 169. The van der Waals surface area contributed by atoms with Crippen molar-refractivity contribution in [3.63, 3.8) is 0 Å². The van der Waals surface area contributed by atoms with E-state index in [1.165, 1.54) is 12.8 Å². The third kappa shape index (κ3) is 3.27. The first-order valence-corrected chi connectivity index (χ1v) is 4.61. The van der Waals surface area contributed by atoms with Crippen LogP contribution < -0.4 is 5.73 Å². The van der Waals surface area contributed by atoms with Gasteiger partial charge in [0.2, 0.25) is 0 Å². The largest absolute Gasteiger partial charge is 0.480 e. The Balaban J connectivity index is 0.00000144. The Labute approximate surface area is 89.5 Å². The molecule has 0 bridgehead atoms. The van der Waals surface area contributed by atoms with Crippen LogP contribution >= 0.6 is 17.0 Å². The van der Waals surface area contributed by atoms with Gasteiger partial charge in [0, 0.05) is 0 Å². The van der Waals surface area contributed by atoms with E-state index in [2.05, 4.69) is 0 Å². The molecule has 3 nitrogen and oxygen atoms in total. The van der Waals surface area contributed by atoms with E-state index in [0.29, 0.717) is 5.92 Å². The van der Waals surface area contributed by atoms with Gasteiger partial charge in [0.1, 0.15) is 6.04 Å².